The average Bonchev–Trinajstić information content (AvgIpc) is 3.56. The van der Waals surface area contributed by atoms with Crippen molar-refractivity contribution in [3.8, 4) is 11.5 Å². The number of aryl methyl sites for hydroxylation is 1. The van der Waals surface area contributed by atoms with E-state index in [1.165, 1.54) is 29.3 Å². The number of nitrogens with one attached hydrogen (secondary N) is 1. The number of hydrogen-bond acceptors (Lipinski definition) is 15. The molecule has 3 aromatic rings. The molecule has 22 heteroatoms. The summed E-state index contributed by atoms with van der Waals surface area (Å²) in [5, 5.41) is 60.6. The summed E-state index contributed by atoms with van der Waals surface area (Å²) in [5.41, 5.74) is 4.88. The number of phenols is 2. The number of piperidine rings is 1. The van der Waals surface area contributed by atoms with E-state index in [-0.39, 0.29) is 44.5 Å². The molecule has 5 heterocycles. The van der Waals surface area contributed by atoms with Crippen LogP contribution >= 0.6 is 23.1 Å². The van der Waals surface area contributed by atoms with E-state index >= 15 is 0 Å². The number of carbonyl (C=O) groups excluding carboxylic acids is 2. The second kappa shape index (κ2) is 14.9. The summed E-state index contributed by atoms with van der Waals surface area (Å²) in [6.07, 6.45) is -0.655. The number of oxime groups is 1. The van der Waals surface area contributed by atoms with E-state index in [1.54, 1.807) is 11.6 Å². The van der Waals surface area contributed by atoms with Crippen molar-refractivity contribution in [2.45, 2.75) is 56.7 Å². The van der Waals surface area contributed by atoms with Crippen LogP contribution in [0.3, 0.4) is 0 Å². The number of nitrogens with zero attached hydrogens (tertiary/aromatic N) is 6. The van der Waals surface area contributed by atoms with Gasteiger partial charge in [-0.25, -0.2) is 14.6 Å². The van der Waals surface area contributed by atoms with E-state index in [0.29, 0.717) is 43.6 Å². The van der Waals surface area contributed by atoms with Gasteiger partial charge in [-0.05, 0) is 32.3 Å². The van der Waals surface area contributed by atoms with Crippen LogP contribution in [0.25, 0.3) is 10.9 Å². The van der Waals surface area contributed by atoms with E-state index < -0.39 is 76.3 Å². The molecule has 2 saturated heterocycles. The van der Waals surface area contributed by atoms with Gasteiger partial charge in [-0.15, -0.1) is 28.2 Å². The van der Waals surface area contributed by atoms with Crippen molar-refractivity contribution in [3.05, 3.63) is 44.7 Å². The lowest BCUT2D eigenvalue weighted by Crippen LogP contribution is -2.71. The number of β-lactam (4-membered cyclic amide) rings is 1. The zero-order valence-corrected chi connectivity index (χ0v) is 30.1. The number of carboxylic acids is 3. The number of amides is 2. The first kappa shape index (κ1) is 38.0. The zero-order chi connectivity index (χ0) is 39.1. The molecule has 0 saturated carbocycles. The van der Waals surface area contributed by atoms with Gasteiger partial charge < -0.3 is 41.4 Å². The van der Waals surface area contributed by atoms with Gasteiger partial charge in [-0.3, -0.25) is 33.2 Å². The lowest BCUT2D eigenvalue weighted by atomic mass is 10.00. The minimum Gasteiger partial charge on any atom is -0.504 e. The van der Waals surface area contributed by atoms with Gasteiger partial charge in [-0.2, -0.15) is 0 Å². The SMILES string of the molecule is CCn1nc([N+]2(CC3=C(C(=O)O)N4C(=O)C(NC(=O)/C(=N\O[C@@H](CC(=O)O)C(=O)O)c5csc(N)n5)C4SC3)CCCCC2)c(=O)c2cc(O)c(O)cc21. The maximum absolute atomic E-state index is 14.1. The number of fused-ring (bicyclic) bond motifs is 2. The van der Waals surface area contributed by atoms with Crippen LogP contribution in [-0.2, 0) is 35.4 Å². The van der Waals surface area contributed by atoms with Gasteiger partial charge in [0.2, 0.25) is 6.10 Å². The normalized spacial score (nSPS) is 20.2. The average molecular weight is 788 g/mol. The van der Waals surface area contributed by atoms with Crippen LogP contribution in [-0.4, -0.2) is 124 Å². The van der Waals surface area contributed by atoms with Crippen LogP contribution in [0.2, 0.25) is 0 Å². The highest BCUT2D eigenvalue weighted by Crippen LogP contribution is 2.42. The van der Waals surface area contributed by atoms with Crippen molar-refractivity contribution in [2.75, 3.05) is 31.1 Å². The number of phenolic OH excluding ortho intramolecular Hbond substituents is 2. The monoisotopic (exact) mass is 787 g/mol. The summed E-state index contributed by atoms with van der Waals surface area (Å²) in [6, 6.07) is 1.20. The largest absolute Gasteiger partial charge is 0.504 e. The van der Waals surface area contributed by atoms with Crippen LogP contribution < -0.4 is 21.0 Å². The molecule has 8 N–H and O–H groups in total. The number of thioether (sulfide) groups is 1. The summed E-state index contributed by atoms with van der Waals surface area (Å²) in [7, 11) is 0. The Balaban J connectivity index is 1.31. The highest BCUT2D eigenvalue weighted by atomic mass is 32.2. The number of quaternary nitrogens is 1. The molecule has 20 nitrogen and oxygen atoms in total. The van der Waals surface area contributed by atoms with Crippen molar-refractivity contribution in [2.24, 2.45) is 5.16 Å². The van der Waals surface area contributed by atoms with Gasteiger partial charge in [0.05, 0.1) is 30.4 Å². The molecule has 1 aromatic carbocycles. The van der Waals surface area contributed by atoms with Crippen molar-refractivity contribution in [3.63, 3.8) is 0 Å². The first-order chi connectivity index (χ1) is 25.6. The minimum absolute atomic E-state index is 0.00818. The van der Waals surface area contributed by atoms with Crippen molar-refractivity contribution in [1.29, 1.82) is 0 Å². The van der Waals surface area contributed by atoms with E-state index in [1.807, 2.05) is 0 Å². The van der Waals surface area contributed by atoms with E-state index in [9.17, 15) is 49.2 Å². The Labute approximate surface area is 312 Å². The predicted molar refractivity (Wildman–Crippen MR) is 193 cm³/mol. The summed E-state index contributed by atoms with van der Waals surface area (Å²) < 4.78 is 1.53. The van der Waals surface area contributed by atoms with Crippen LogP contribution in [0.4, 0.5) is 10.9 Å². The molecule has 54 heavy (non-hydrogen) atoms. The van der Waals surface area contributed by atoms with Crippen LogP contribution in [0.5, 0.6) is 11.5 Å². The molecular weight excluding hydrogens is 753 g/mol. The van der Waals surface area contributed by atoms with Gasteiger partial charge in [-0.1, -0.05) is 5.16 Å². The molecule has 2 amide bonds. The third kappa shape index (κ3) is 7.01. The number of aromatic hydroxyl groups is 2. The Kier molecular flexibility index (Phi) is 10.5. The fraction of sp³-hybridized carbons (Fsp3) is 0.406. The molecule has 6 rings (SSSR count). The van der Waals surface area contributed by atoms with E-state index in [2.05, 4.69) is 15.5 Å². The molecule has 3 aliphatic rings. The second-order valence-corrected chi connectivity index (χ2v) is 14.8. The summed E-state index contributed by atoms with van der Waals surface area (Å²) in [6.45, 7) is 3.04. The first-order valence-electron chi connectivity index (χ1n) is 16.6. The topological polar surface area (TPSA) is 297 Å². The Hall–Kier alpha value is -5.74. The maximum atomic E-state index is 14.1. The highest BCUT2D eigenvalue weighted by Gasteiger charge is 2.55. The Bertz CT molecular complexity index is 2190. The van der Waals surface area contributed by atoms with Gasteiger partial charge in [0, 0.05) is 29.3 Å². The molecule has 286 valence electrons. The number of nitrogens with two attached hydrogens (primary N) is 1. The number of rotatable bonds is 13. The first-order valence-corrected chi connectivity index (χ1v) is 18.5. The summed E-state index contributed by atoms with van der Waals surface area (Å²) in [4.78, 5) is 86.6. The smallest absolute Gasteiger partial charge is 0.352 e. The number of carboxylic acid groups (broad SMARTS) is 3. The number of nitrogen functional groups attached to an aromatic ring is 1. The van der Waals surface area contributed by atoms with Gasteiger partial charge in [0.25, 0.3) is 23.1 Å². The number of likely N-dealkylation sites (tertiary alicyclic amines) is 1. The molecule has 0 bridgehead atoms. The van der Waals surface area contributed by atoms with Crippen molar-refractivity contribution < 1.29 is 54.3 Å². The quantitative estimate of drug-likeness (QED) is 0.0407. The third-order valence-electron chi connectivity index (χ3n) is 9.37. The van der Waals surface area contributed by atoms with Crippen molar-refractivity contribution in [1.82, 2.24) is 29.5 Å². The molecule has 2 aromatic heterocycles. The van der Waals surface area contributed by atoms with E-state index in [4.69, 9.17) is 20.8 Å². The van der Waals surface area contributed by atoms with Gasteiger partial charge in [0.1, 0.15) is 29.4 Å². The van der Waals surface area contributed by atoms with Crippen LogP contribution in [0.15, 0.2) is 38.7 Å². The molecule has 0 spiro atoms. The van der Waals surface area contributed by atoms with Gasteiger partial charge >= 0.3 is 17.9 Å². The maximum Gasteiger partial charge on any atom is 0.352 e. The van der Waals surface area contributed by atoms with E-state index in [0.717, 1.165) is 22.7 Å². The number of carbonyl (C=O) groups is 5. The molecule has 2 fully saturated rings. The second-order valence-electron chi connectivity index (χ2n) is 12.8. The predicted octanol–water partition coefficient (Wildman–Crippen LogP) is 0.445. The lowest BCUT2D eigenvalue weighted by Gasteiger charge is -2.50. The number of aliphatic carboxylic acids is 3. The Morgan fingerprint density at radius 2 is 1.81 bits per heavy atom. The summed E-state index contributed by atoms with van der Waals surface area (Å²) >= 11 is 2.10. The third-order valence-corrected chi connectivity index (χ3v) is 11.4. The molecular formula is C32H35N8O12S2+. The number of anilines is 1. The lowest BCUT2D eigenvalue weighted by molar-refractivity contribution is -0.156. The molecule has 3 atom stereocenters. The van der Waals surface area contributed by atoms with Crippen molar-refractivity contribution >= 4 is 80.4 Å². The number of benzene rings is 1. The minimum atomic E-state index is -1.96. The standard InChI is InChI=1S/C32H34N8O12S2/c1-2-38-17-9-19(42)18(41)8-15(17)25(45)26(36-38)40(6-4-3-5-7-40)11-14-12-53-29-23(28(47)39(29)24(14)31(50)51)35-27(46)22(16-13-54-32(33)34-16)37-52-20(30(48)49)10-21(43)44/h8-9,13,20,23,29H,2-7,10-12H2,1H3,(H7-,33,34,35,36,37,41,42,43,44,45,46,48,49,50,51)/p+1/t20-,23?,29?/m0/s1. The number of aromatic nitrogens is 3. The van der Waals surface area contributed by atoms with Crippen LogP contribution in [0, 0.1) is 0 Å². The Morgan fingerprint density at radius 1 is 1.11 bits per heavy atom. The molecule has 0 aliphatic carbocycles. The number of hydrogen-bond donors (Lipinski definition) is 7. The fourth-order valence-corrected chi connectivity index (χ4v) is 8.72. The molecule has 0 radical (unpaired) electrons. The zero-order valence-electron chi connectivity index (χ0n) is 28.5. The van der Waals surface area contributed by atoms with Gasteiger partial charge in [0.15, 0.2) is 22.3 Å². The molecule has 3 aliphatic heterocycles. The number of thiazole rings is 1. The Morgan fingerprint density at radius 3 is 2.43 bits per heavy atom. The summed E-state index contributed by atoms with van der Waals surface area (Å²) in [5.74, 6) is -7.00. The fourth-order valence-electron chi connectivity index (χ4n) is 6.83. The molecule has 2 unspecified atom stereocenters. The van der Waals surface area contributed by atoms with Crippen LogP contribution in [0.1, 0.15) is 38.3 Å². The highest BCUT2D eigenvalue weighted by molar-refractivity contribution is 8.00.